The molecule has 0 atom stereocenters. The lowest BCUT2D eigenvalue weighted by Gasteiger charge is -2.02. The van der Waals surface area contributed by atoms with Crippen LogP contribution in [-0.4, -0.2) is 14.7 Å². The molecule has 0 aliphatic rings. The van der Waals surface area contributed by atoms with Crippen LogP contribution in [0.3, 0.4) is 0 Å². The molecule has 2 rings (SSSR count). The SMILES string of the molecule is Cc1nn(-c2cccc([N+](=O)[O-])c2)c(Cl)c1CCl. The minimum Gasteiger partial charge on any atom is -0.258 e. The maximum Gasteiger partial charge on any atom is 0.271 e. The average Bonchev–Trinajstić information content (AvgIpc) is 2.64. The van der Waals surface area contributed by atoms with E-state index in [2.05, 4.69) is 5.10 Å². The van der Waals surface area contributed by atoms with Crippen LogP contribution in [0, 0.1) is 17.0 Å². The lowest BCUT2D eigenvalue weighted by atomic mass is 10.3. The molecule has 0 unspecified atom stereocenters. The minimum atomic E-state index is -0.462. The van der Waals surface area contributed by atoms with Crippen LogP contribution in [-0.2, 0) is 5.88 Å². The summed E-state index contributed by atoms with van der Waals surface area (Å²) >= 11 is 11.9. The molecule has 0 spiro atoms. The van der Waals surface area contributed by atoms with E-state index in [-0.39, 0.29) is 11.6 Å². The van der Waals surface area contributed by atoms with Crippen molar-refractivity contribution in [1.29, 1.82) is 0 Å². The molecule has 18 heavy (non-hydrogen) atoms. The highest BCUT2D eigenvalue weighted by molar-refractivity contribution is 6.31. The molecule has 2 aromatic rings. The quantitative estimate of drug-likeness (QED) is 0.493. The van der Waals surface area contributed by atoms with Crippen LogP contribution < -0.4 is 0 Å². The molecule has 5 nitrogen and oxygen atoms in total. The van der Waals surface area contributed by atoms with E-state index in [0.717, 1.165) is 5.56 Å². The number of aromatic nitrogens is 2. The summed E-state index contributed by atoms with van der Waals surface area (Å²) < 4.78 is 1.45. The van der Waals surface area contributed by atoms with Crippen molar-refractivity contribution in [1.82, 2.24) is 9.78 Å². The smallest absolute Gasteiger partial charge is 0.258 e. The van der Waals surface area contributed by atoms with Gasteiger partial charge in [-0.05, 0) is 13.0 Å². The molecule has 0 aliphatic carbocycles. The summed E-state index contributed by atoms with van der Waals surface area (Å²) in [6, 6.07) is 6.11. The molecule has 0 saturated heterocycles. The lowest BCUT2D eigenvalue weighted by molar-refractivity contribution is -0.384. The van der Waals surface area contributed by atoms with Crippen molar-refractivity contribution in [2.24, 2.45) is 0 Å². The second-order valence-corrected chi connectivity index (χ2v) is 4.30. The van der Waals surface area contributed by atoms with Crippen molar-refractivity contribution in [3.63, 3.8) is 0 Å². The van der Waals surface area contributed by atoms with E-state index >= 15 is 0 Å². The highest BCUT2D eigenvalue weighted by Gasteiger charge is 2.15. The third-order valence-electron chi connectivity index (χ3n) is 2.54. The highest BCUT2D eigenvalue weighted by atomic mass is 35.5. The number of nitrogens with zero attached hydrogens (tertiary/aromatic N) is 3. The predicted molar refractivity (Wildman–Crippen MR) is 69.5 cm³/mol. The van der Waals surface area contributed by atoms with Crippen LogP contribution in [0.25, 0.3) is 5.69 Å². The van der Waals surface area contributed by atoms with Crippen molar-refractivity contribution >= 4 is 28.9 Å². The number of benzene rings is 1. The van der Waals surface area contributed by atoms with Gasteiger partial charge in [-0.25, -0.2) is 4.68 Å². The van der Waals surface area contributed by atoms with E-state index < -0.39 is 4.92 Å². The monoisotopic (exact) mass is 285 g/mol. The van der Waals surface area contributed by atoms with E-state index in [4.69, 9.17) is 23.2 Å². The molecule has 1 aromatic heterocycles. The van der Waals surface area contributed by atoms with Gasteiger partial charge < -0.3 is 0 Å². The van der Waals surface area contributed by atoms with Crippen molar-refractivity contribution in [3.05, 3.63) is 50.8 Å². The summed E-state index contributed by atoms with van der Waals surface area (Å²) in [7, 11) is 0. The summed E-state index contributed by atoms with van der Waals surface area (Å²) in [6.45, 7) is 1.79. The van der Waals surface area contributed by atoms with Crippen molar-refractivity contribution in [2.45, 2.75) is 12.8 Å². The number of halogens is 2. The Labute approximate surface area is 113 Å². The van der Waals surface area contributed by atoms with Gasteiger partial charge in [0.2, 0.25) is 0 Å². The largest absolute Gasteiger partial charge is 0.271 e. The van der Waals surface area contributed by atoms with Gasteiger partial charge in [0, 0.05) is 17.7 Å². The van der Waals surface area contributed by atoms with Crippen molar-refractivity contribution < 1.29 is 4.92 Å². The first kappa shape index (κ1) is 12.9. The fourth-order valence-electron chi connectivity index (χ4n) is 1.59. The fraction of sp³-hybridized carbons (Fsp3) is 0.182. The van der Waals surface area contributed by atoms with Gasteiger partial charge in [-0.2, -0.15) is 5.10 Å². The van der Waals surface area contributed by atoms with Gasteiger partial charge in [0.1, 0.15) is 5.15 Å². The molecule has 1 aromatic carbocycles. The summed E-state index contributed by atoms with van der Waals surface area (Å²) in [4.78, 5) is 10.3. The normalized spacial score (nSPS) is 10.6. The molecular formula is C11H9Cl2N3O2. The van der Waals surface area contributed by atoms with Crippen LogP contribution in [0.1, 0.15) is 11.3 Å². The van der Waals surface area contributed by atoms with Gasteiger partial charge in [-0.15, -0.1) is 11.6 Å². The van der Waals surface area contributed by atoms with E-state index in [1.165, 1.54) is 16.8 Å². The molecule has 7 heteroatoms. The number of non-ortho nitro benzene ring substituents is 1. The second-order valence-electron chi connectivity index (χ2n) is 3.68. The standard InChI is InChI=1S/C11H9Cl2N3O2/c1-7-10(6-12)11(13)15(14-7)8-3-2-4-9(5-8)16(17)18/h2-5H,6H2,1H3. The first-order chi connectivity index (χ1) is 8.54. The highest BCUT2D eigenvalue weighted by Crippen LogP contribution is 2.26. The second kappa shape index (κ2) is 4.96. The van der Waals surface area contributed by atoms with Gasteiger partial charge in [0.25, 0.3) is 5.69 Å². The van der Waals surface area contributed by atoms with Crippen molar-refractivity contribution in [2.75, 3.05) is 0 Å². The predicted octanol–water partition coefficient (Wildman–Crippen LogP) is 3.48. The van der Waals surface area contributed by atoms with Crippen LogP contribution in [0.2, 0.25) is 5.15 Å². The Morgan fingerprint density at radius 3 is 2.78 bits per heavy atom. The van der Waals surface area contributed by atoms with Crippen LogP contribution in [0.15, 0.2) is 24.3 Å². The Morgan fingerprint density at radius 1 is 1.50 bits per heavy atom. The lowest BCUT2D eigenvalue weighted by Crippen LogP contribution is -1.98. The minimum absolute atomic E-state index is 0.0101. The van der Waals surface area contributed by atoms with Gasteiger partial charge in [-0.1, -0.05) is 17.7 Å². The van der Waals surface area contributed by atoms with E-state index in [1.54, 1.807) is 19.1 Å². The molecule has 0 bridgehead atoms. The molecule has 0 saturated carbocycles. The molecular weight excluding hydrogens is 277 g/mol. The zero-order valence-corrected chi connectivity index (χ0v) is 10.9. The van der Waals surface area contributed by atoms with Gasteiger partial charge >= 0.3 is 0 Å². The number of hydrogen-bond donors (Lipinski definition) is 0. The van der Waals surface area contributed by atoms with E-state index in [9.17, 15) is 10.1 Å². The molecule has 1 heterocycles. The van der Waals surface area contributed by atoms with Gasteiger partial charge in [0.15, 0.2) is 0 Å². The van der Waals surface area contributed by atoms with Crippen molar-refractivity contribution in [3.8, 4) is 5.69 Å². The summed E-state index contributed by atoms with van der Waals surface area (Å²) in [5.74, 6) is 0.250. The fourth-order valence-corrected chi connectivity index (χ4v) is 2.32. The number of alkyl halides is 1. The topological polar surface area (TPSA) is 61.0 Å². The molecule has 0 aliphatic heterocycles. The average molecular weight is 286 g/mol. The first-order valence-corrected chi connectivity index (χ1v) is 6.00. The third-order valence-corrected chi connectivity index (χ3v) is 3.20. The number of nitro benzene ring substituents is 1. The third kappa shape index (κ3) is 2.19. The Morgan fingerprint density at radius 2 is 2.22 bits per heavy atom. The van der Waals surface area contributed by atoms with Crippen LogP contribution in [0.5, 0.6) is 0 Å². The Balaban J connectivity index is 2.55. The van der Waals surface area contributed by atoms with Crippen LogP contribution in [0.4, 0.5) is 5.69 Å². The van der Waals surface area contributed by atoms with E-state index in [1.807, 2.05) is 0 Å². The molecule has 94 valence electrons. The Bertz CT molecular complexity index is 610. The number of aryl methyl sites for hydroxylation is 1. The van der Waals surface area contributed by atoms with Gasteiger partial charge in [0.05, 0.1) is 22.2 Å². The summed E-state index contributed by atoms with van der Waals surface area (Å²) in [6.07, 6.45) is 0. The summed E-state index contributed by atoms with van der Waals surface area (Å²) in [5, 5.41) is 15.3. The molecule has 0 radical (unpaired) electrons. The zero-order chi connectivity index (χ0) is 13.3. The van der Waals surface area contributed by atoms with E-state index in [0.29, 0.717) is 16.5 Å². The number of hydrogen-bond acceptors (Lipinski definition) is 3. The molecule has 0 amide bonds. The maximum absolute atomic E-state index is 10.7. The molecule has 0 N–H and O–H groups in total. The first-order valence-electron chi connectivity index (χ1n) is 5.09. The summed E-state index contributed by atoms with van der Waals surface area (Å²) in [5.41, 5.74) is 1.96. The number of rotatable bonds is 3. The Hall–Kier alpha value is -1.59. The number of nitro groups is 1. The van der Waals surface area contributed by atoms with Gasteiger partial charge in [-0.3, -0.25) is 10.1 Å². The zero-order valence-electron chi connectivity index (χ0n) is 9.43. The molecule has 0 fully saturated rings. The Kier molecular flexibility index (Phi) is 3.54. The van der Waals surface area contributed by atoms with Crippen LogP contribution >= 0.6 is 23.2 Å². The maximum atomic E-state index is 10.7.